The lowest BCUT2D eigenvalue weighted by Crippen LogP contribution is -2.42. The van der Waals surface area contributed by atoms with Gasteiger partial charge >= 0.3 is 0 Å². The summed E-state index contributed by atoms with van der Waals surface area (Å²) in [5.41, 5.74) is 3.01. The van der Waals surface area contributed by atoms with Crippen molar-refractivity contribution in [3.8, 4) is 16.9 Å². The number of nitrogens with zero attached hydrogens (tertiary/aromatic N) is 4. The van der Waals surface area contributed by atoms with Crippen molar-refractivity contribution < 1.29 is 9.53 Å². The Morgan fingerprint density at radius 2 is 1.77 bits per heavy atom. The number of ether oxygens (including phenoxy) is 1. The first kappa shape index (κ1) is 20.6. The number of anilines is 1. The molecule has 1 unspecified atom stereocenters. The number of hydrogen-bond donors (Lipinski definition) is 0. The molecular weight excluding hydrogens is 376 g/mol. The van der Waals surface area contributed by atoms with Crippen LogP contribution in [0.15, 0.2) is 30.5 Å². The summed E-state index contributed by atoms with van der Waals surface area (Å²) in [5.74, 6) is 2.01. The van der Waals surface area contributed by atoms with Gasteiger partial charge in [0.05, 0.1) is 18.8 Å². The van der Waals surface area contributed by atoms with Gasteiger partial charge in [0.2, 0.25) is 11.9 Å². The summed E-state index contributed by atoms with van der Waals surface area (Å²) in [6.07, 6.45) is 9.44. The highest BCUT2D eigenvalue weighted by Crippen LogP contribution is 2.39. The Morgan fingerprint density at radius 1 is 1.07 bits per heavy atom. The number of amides is 1. The Kier molecular flexibility index (Phi) is 6.21. The van der Waals surface area contributed by atoms with Crippen molar-refractivity contribution in [2.75, 3.05) is 32.6 Å². The molecule has 6 nitrogen and oxygen atoms in total. The third-order valence-corrected chi connectivity index (χ3v) is 6.41. The van der Waals surface area contributed by atoms with Crippen LogP contribution < -0.4 is 9.64 Å². The van der Waals surface area contributed by atoms with Gasteiger partial charge in [-0.2, -0.15) is 0 Å². The monoisotopic (exact) mass is 408 g/mol. The van der Waals surface area contributed by atoms with E-state index in [0.29, 0.717) is 11.9 Å². The molecule has 1 aliphatic heterocycles. The quantitative estimate of drug-likeness (QED) is 0.731. The van der Waals surface area contributed by atoms with Crippen LogP contribution in [-0.4, -0.2) is 48.5 Å². The van der Waals surface area contributed by atoms with Crippen LogP contribution >= 0.6 is 0 Å². The van der Waals surface area contributed by atoms with E-state index < -0.39 is 0 Å². The Hall–Kier alpha value is -2.63. The Labute approximate surface area is 179 Å². The Bertz CT molecular complexity index is 875. The van der Waals surface area contributed by atoms with E-state index in [9.17, 15) is 4.79 Å². The highest BCUT2D eigenvalue weighted by Gasteiger charge is 2.35. The average Bonchev–Trinajstić information content (AvgIpc) is 3.33. The third kappa shape index (κ3) is 4.13. The lowest BCUT2D eigenvalue weighted by atomic mass is 9.92. The lowest BCUT2D eigenvalue weighted by Gasteiger charge is -2.38. The van der Waals surface area contributed by atoms with Gasteiger partial charge in [0, 0.05) is 38.3 Å². The van der Waals surface area contributed by atoms with E-state index in [1.54, 1.807) is 7.11 Å². The van der Waals surface area contributed by atoms with Crippen LogP contribution in [-0.2, 0) is 4.79 Å². The number of carbonyl (C=O) groups excluding carboxylic acids is 1. The zero-order valence-corrected chi connectivity index (χ0v) is 18.3. The van der Waals surface area contributed by atoms with E-state index in [0.717, 1.165) is 61.2 Å². The molecule has 0 N–H and O–H groups in total. The first-order valence-corrected chi connectivity index (χ1v) is 11.1. The zero-order chi connectivity index (χ0) is 21.1. The average molecular weight is 409 g/mol. The number of piperidine rings is 1. The largest absolute Gasteiger partial charge is 0.497 e. The van der Waals surface area contributed by atoms with Crippen LogP contribution in [0.2, 0.25) is 0 Å². The predicted molar refractivity (Wildman–Crippen MR) is 119 cm³/mol. The molecule has 2 heterocycles. The molecule has 0 spiro atoms. The third-order valence-electron chi connectivity index (χ3n) is 6.41. The number of benzene rings is 1. The van der Waals surface area contributed by atoms with Crippen LogP contribution in [0.3, 0.4) is 0 Å². The molecule has 30 heavy (non-hydrogen) atoms. The van der Waals surface area contributed by atoms with Crippen molar-refractivity contribution >= 4 is 11.9 Å². The van der Waals surface area contributed by atoms with Crippen molar-refractivity contribution in [3.05, 3.63) is 36.2 Å². The first-order chi connectivity index (χ1) is 14.6. The first-order valence-electron chi connectivity index (χ1n) is 11.1. The van der Waals surface area contributed by atoms with Crippen molar-refractivity contribution in [2.45, 2.75) is 51.0 Å². The topological polar surface area (TPSA) is 58.6 Å². The highest BCUT2D eigenvalue weighted by atomic mass is 16.5. The molecule has 2 aromatic rings. The van der Waals surface area contributed by atoms with Gasteiger partial charge in [-0.05, 0) is 49.8 Å². The molecular formula is C24H32N4O2. The second-order valence-electron chi connectivity index (χ2n) is 8.62. The molecule has 1 aromatic carbocycles. The molecule has 0 radical (unpaired) electrons. The fraction of sp³-hybridized carbons (Fsp3) is 0.542. The van der Waals surface area contributed by atoms with Gasteiger partial charge in [-0.1, -0.05) is 25.0 Å². The smallest absolute Gasteiger partial charge is 0.226 e. The number of carbonyl (C=O) groups is 1. The van der Waals surface area contributed by atoms with Gasteiger partial charge in [0.25, 0.3) is 0 Å². The SMILES string of the molecule is COc1ccc(-c2cnc(N(C)C)nc2C2CCCCN2C(=O)C2CCCC2)cc1. The summed E-state index contributed by atoms with van der Waals surface area (Å²) >= 11 is 0. The second-order valence-corrected chi connectivity index (χ2v) is 8.62. The molecule has 4 rings (SSSR count). The number of likely N-dealkylation sites (tertiary alicyclic amines) is 1. The summed E-state index contributed by atoms with van der Waals surface area (Å²) in [4.78, 5) is 27.0. The molecule has 1 aliphatic carbocycles. The molecule has 160 valence electrons. The molecule has 1 aromatic heterocycles. The molecule has 0 bridgehead atoms. The van der Waals surface area contributed by atoms with E-state index >= 15 is 0 Å². The fourth-order valence-corrected chi connectivity index (χ4v) is 4.73. The maximum atomic E-state index is 13.4. The number of aromatic nitrogens is 2. The van der Waals surface area contributed by atoms with E-state index in [1.807, 2.05) is 49.5 Å². The lowest BCUT2D eigenvalue weighted by molar-refractivity contribution is -0.139. The van der Waals surface area contributed by atoms with E-state index in [4.69, 9.17) is 9.72 Å². The zero-order valence-electron chi connectivity index (χ0n) is 18.3. The standard InChI is InChI=1S/C24H32N4O2/c1-27(2)24-25-16-20(17-11-13-19(30-3)14-12-17)22(26-24)21-10-6-7-15-28(21)23(29)18-8-4-5-9-18/h11-14,16,18,21H,4-10,15H2,1-3H3. The Morgan fingerprint density at radius 3 is 2.43 bits per heavy atom. The minimum atomic E-state index is 0.00523. The minimum absolute atomic E-state index is 0.00523. The van der Waals surface area contributed by atoms with Crippen molar-refractivity contribution in [1.82, 2.24) is 14.9 Å². The van der Waals surface area contributed by atoms with Crippen molar-refractivity contribution in [2.24, 2.45) is 5.92 Å². The molecule has 1 saturated heterocycles. The maximum Gasteiger partial charge on any atom is 0.226 e. The van der Waals surface area contributed by atoms with E-state index in [-0.39, 0.29) is 12.0 Å². The normalized spacial score (nSPS) is 19.7. The summed E-state index contributed by atoms with van der Waals surface area (Å²) in [5, 5.41) is 0. The predicted octanol–water partition coefficient (Wildman–Crippen LogP) is 4.46. The molecule has 1 atom stereocenters. The van der Waals surface area contributed by atoms with Gasteiger partial charge in [0.15, 0.2) is 0 Å². The highest BCUT2D eigenvalue weighted by molar-refractivity contribution is 5.80. The van der Waals surface area contributed by atoms with Crippen LogP contribution in [0, 0.1) is 5.92 Å². The van der Waals surface area contributed by atoms with Gasteiger partial charge in [-0.3, -0.25) is 4.79 Å². The summed E-state index contributed by atoms with van der Waals surface area (Å²) in [6, 6.07) is 8.01. The number of rotatable bonds is 5. The van der Waals surface area contributed by atoms with Crippen LogP contribution in [0.25, 0.3) is 11.1 Å². The summed E-state index contributed by atoms with van der Waals surface area (Å²) in [6.45, 7) is 0.823. The maximum absolute atomic E-state index is 13.4. The van der Waals surface area contributed by atoms with Crippen LogP contribution in [0.1, 0.15) is 56.7 Å². The van der Waals surface area contributed by atoms with Gasteiger partial charge < -0.3 is 14.5 Å². The van der Waals surface area contributed by atoms with Crippen LogP contribution in [0.5, 0.6) is 5.75 Å². The molecule has 1 amide bonds. The van der Waals surface area contributed by atoms with Gasteiger partial charge in [0.1, 0.15) is 5.75 Å². The summed E-state index contributed by atoms with van der Waals surface area (Å²) < 4.78 is 5.32. The van der Waals surface area contributed by atoms with Crippen molar-refractivity contribution in [1.29, 1.82) is 0 Å². The summed E-state index contributed by atoms with van der Waals surface area (Å²) in [7, 11) is 5.58. The number of hydrogen-bond acceptors (Lipinski definition) is 5. The molecule has 2 aliphatic rings. The van der Waals surface area contributed by atoms with Gasteiger partial charge in [-0.25, -0.2) is 9.97 Å². The van der Waals surface area contributed by atoms with Crippen LogP contribution in [0.4, 0.5) is 5.95 Å². The van der Waals surface area contributed by atoms with E-state index in [1.165, 1.54) is 12.8 Å². The molecule has 2 fully saturated rings. The molecule has 6 heteroatoms. The minimum Gasteiger partial charge on any atom is -0.497 e. The molecule has 1 saturated carbocycles. The van der Waals surface area contributed by atoms with Crippen molar-refractivity contribution in [3.63, 3.8) is 0 Å². The second kappa shape index (κ2) is 9.02. The fourth-order valence-electron chi connectivity index (χ4n) is 4.73. The number of methoxy groups -OCH3 is 1. The van der Waals surface area contributed by atoms with Gasteiger partial charge in [-0.15, -0.1) is 0 Å². The van der Waals surface area contributed by atoms with E-state index in [2.05, 4.69) is 9.88 Å². The Balaban J connectivity index is 1.75.